The predicted molar refractivity (Wildman–Crippen MR) is 95.9 cm³/mol. The molecule has 1 aromatic heterocycles. The summed E-state index contributed by atoms with van der Waals surface area (Å²) in [5.74, 6) is -0.441. The highest BCUT2D eigenvalue weighted by Gasteiger charge is 2.34. The number of rotatable bonds is 3. The van der Waals surface area contributed by atoms with Crippen LogP contribution >= 0.6 is 0 Å². The average molecular weight is 335 g/mol. The lowest BCUT2D eigenvalue weighted by Crippen LogP contribution is -2.28. The number of benzene rings is 2. The van der Waals surface area contributed by atoms with Crippen LogP contribution in [0.4, 0.5) is 10.1 Å². The van der Waals surface area contributed by atoms with E-state index in [0.29, 0.717) is 13.1 Å². The van der Waals surface area contributed by atoms with Crippen LogP contribution < -0.4 is 10.6 Å². The van der Waals surface area contributed by atoms with Gasteiger partial charge in [0.2, 0.25) is 5.91 Å². The molecule has 2 N–H and O–H groups in total. The number of pyridine rings is 1. The fourth-order valence-electron chi connectivity index (χ4n) is 3.47. The van der Waals surface area contributed by atoms with E-state index in [2.05, 4.69) is 15.6 Å². The minimum atomic E-state index is -0.264. The minimum Gasteiger partial charge on any atom is -0.325 e. The maximum atomic E-state index is 13.2. The number of carbonyl (C=O) groups excluding carboxylic acids is 1. The molecule has 1 amide bonds. The van der Waals surface area contributed by atoms with Crippen LogP contribution in [0.1, 0.15) is 11.5 Å². The lowest BCUT2D eigenvalue weighted by Gasteiger charge is -2.19. The minimum absolute atomic E-state index is 0.0244. The zero-order valence-electron chi connectivity index (χ0n) is 13.6. The molecule has 3 aromatic rings. The first-order chi connectivity index (χ1) is 12.2. The normalized spacial score (nSPS) is 19.9. The van der Waals surface area contributed by atoms with Crippen LogP contribution in [0.5, 0.6) is 0 Å². The molecule has 126 valence electrons. The van der Waals surface area contributed by atoms with Gasteiger partial charge in [0.1, 0.15) is 5.82 Å². The summed E-state index contributed by atoms with van der Waals surface area (Å²) in [4.78, 5) is 17.0. The van der Waals surface area contributed by atoms with Crippen LogP contribution in [0, 0.1) is 11.7 Å². The highest BCUT2D eigenvalue weighted by Crippen LogP contribution is 2.30. The number of carbonyl (C=O) groups is 1. The summed E-state index contributed by atoms with van der Waals surface area (Å²) >= 11 is 0. The SMILES string of the molecule is O=C(Nc1cccc2cnccc12)[C@H]1CNC[C@@H]1c1ccc(F)cc1. The molecule has 1 aliphatic heterocycles. The Hall–Kier alpha value is -2.79. The highest BCUT2D eigenvalue weighted by molar-refractivity contribution is 6.02. The Morgan fingerprint density at radius 3 is 2.80 bits per heavy atom. The number of aromatic nitrogens is 1. The molecule has 1 fully saturated rings. The van der Waals surface area contributed by atoms with E-state index < -0.39 is 0 Å². The smallest absolute Gasteiger partial charge is 0.229 e. The van der Waals surface area contributed by atoms with E-state index in [1.165, 1.54) is 12.1 Å². The quantitative estimate of drug-likeness (QED) is 0.772. The standard InChI is InChI=1S/C20H18FN3O/c21-15-6-4-13(5-7-15)17-11-23-12-18(17)20(25)24-19-3-1-2-14-10-22-9-8-16(14)19/h1-10,17-18,23H,11-12H2,(H,24,25)/t17-,18+/m1/s1. The predicted octanol–water partition coefficient (Wildman–Crippen LogP) is 3.32. The van der Waals surface area contributed by atoms with Gasteiger partial charge >= 0.3 is 0 Å². The van der Waals surface area contributed by atoms with Gasteiger partial charge in [0.25, 0.3) is 0 Å². The zero-order valence-corrected chi connectivity index (χ0v) is 13.6. The first kappa shape index (κ1) is 15.7. The van der Waals surface area contributed by atoms with E-state index in [-0.39, 0.29) is 23.6 Å². The van der Waals surface area contributed by atoms with Crippen molar-refractivity contribution in [2.24, 2.45) is 5.92 Å². The van der Waals surface area contributed by atoms with E-state index >= 15 is 0 Å². The van der Waals surface area contributed by atoms with Crippen LogP contribution in [0.3, 0.4) is 0 Å². The van der Waals surface area contributed by atoms with E-state index in [1.807, 2.05) is 24.3 Å². The number of halogens is 1. The topological polar surface area (TPSA) is 54.0 Å². The van der Waals surface area contributed by atoms with Crippen LogP contribution in [0.15, 0.2) is 60.9 Å². The third kappa shape index (κ3) is 3.10. The number of hydrogen-bond acceptors (Lipinski definition) is 3. The van der Waals surface area contributed by atoms with Crippen molar-refractivity contribution in [2.75, 3.05) is 18.4 Å². The Labute approximate surface area is 145 Å². The maximum absolute atomic E-state index is 13.2. The Morgan fingerprint density at radius 2 is 1.96 bits per heavy atom. The van der Waals surface area contributed by atoms with E-state index in [4.69, 9.17) is 0 Å². The molecule has 0 unspecified atom stereocenters. The van der Waals surface area contributed by atoms with E-state index in [1.54, 1.807) is 24.5 Å². The molecule has 0 bridgehead atoms. The molecule has 2 atom stereocenters. The lowest BCUT2D eigenvalue weighted by molar-refractivity contribution is -0.119. The zero-order chi connectivity index (χ0) is 17.2. The summed E-state index contributed by atoms with van der Waals surface area (Å²) in [5, 5.41) is 8.29. The Kier molecular flexibility index (Phi) is 4.15. The van der Waals surface area contributed by atoms with Gasteiger partial charge in [0.15, 0.2) is 0 Å². The third-order valence-corrected chi connectivity index (χ3v) is 4.79. The summed E-state index contributed by atoms with van der Waals surface area (Å²) in [5.41, 5.74) is 1.77. The van der Waals surface area contributed by atoms with Crippen molar-refractivity contribution >= 4 is 22.4 Å². The second-order valence-electron chi connectivity index (χ2n) is 6.31. The number of anilines is 1. The van der Waals surface area contributed by atoms with Crippen LogP contribution in [-0.2, 0) is 4.79 Å². The fourth-order valence-corrected chi connectivity index (χ4v) is 3.47. The van der Waals surface area contributed by atoms with Gasteiger partial charge in [-0.3, -0.25) is 9.78 Å². The number of fused-ring (bicyclic) bond motifs is 1. The molecule has 1 aliphatic rings. The molecule has 0 aliphatic carbocycles. The van der Waals surface area contributed by atoms with Gasteiger partial charge in [0, 0.05) is 47.9 Å². The molecule has 0 radical (unpaired) electrons. The maximum Gasteiger partial charge on any atom is 0.229 e. The number of nitrogens with zero attached hydrogens (tertiary/aromatic N) is 1. The van der Waals surface area contributed by atoms with Gasteiger partial charge < -0.3 is 10.6 Å². The van der Waals surface area contributed by atoms with Crippen LogP contribution in [-0.4, -0.2) is 24.0 Å². The Morgan fingerprint density at radius 1 is 1.12 bits per heavy atom. The van der Waals surface area contributed by atoms with Crippen molar-refractivity contribution in [1.82, 2.24) is 10.3 Å². The third-order valence-electron chi connectivity index (χ3n) is 4.79. The van der Waals surface area contributed by atoms with E-state index in [9.17, 15) is 9.18 Å². The van der Waals surface area contributed by atoms with Crippen molar-refractivity contribution in [1.29, 1.82) is 0 Å². The van der Waals surface area contributed by atoms with Gasteiger partial charge in [-0.2, -0.15) is 0 Å². The number of hydrogen-bond donors (Lipinski definition) is 2. The largest absolute Gasteiger partial charge is 0.325 e. The lowest BCUT2D eigenvalue weighted by atomic mass is 9.88. The summed E-state index contributed by atoms with van der Waals surface area (Å²) in [6.07, 6.45) is 3.50. The fraction of sp³-hybridized carbons (Fsp3) is 0.200. The molecule has 5 heteroatoms. The Bertz CT molecular complexity index is 905. The van der Waals surface area contributed by atoms with Gasteiger partial charge in [0.05, 0.1) is 5.92 Å². The highest BCUT2D eigenvalue weighted by atomic mass is 19.1. The van der Waals surface area contributed by atoms with Gasteiger partial charge in [-0.1, -0.05) is 24.3 Å². The molecular formula is C20H18FN3O. The summed E-state index contributed by atoms with van der Waals surface area (Å²) in [6.45, 7) is 1.32. The number of nitrogens with one attached hydrogen (secondary N) is 2. The molecule has 0 spiro atoms. The Balaban J connectivity index is 1.58. The molecule has 25 heavy (non-hydrogen) atoms. The molecular weight excluding hydrogens is 317 g/mol. The van der Waals surface area contributed by atoms with Crippen molar-refractivity contribution in [3.05, 3.63) is 72.3 Å². The molecule has 4 nitrogen and oxygen atoms in total. The van der Waals surface area contributed by atoms with Gasteiger partial charge in [-0.15, -0.1) is 0 Å². The van der Waals surface area contributed by atoms with Crippen molar-refractivity contribution < 1.29 is 9.18 Å². The number of amides is 1. The summed E-state index contributed by atoms with van der Waals surface area (Å²) in [6, 6.07) is 14.1. The molecule has 0 saturated carbocycles. The second-order valence-corrected chi connectivity index (χ2v) is 6.31. The van der Waals surface area contributed by atoms with Crippen LogP contribution in [0.25, 0.3) is 10.8 Å². The molecule has 2 heterocycles. The van der Waals surface area contributed by atoms with Gasteiger partial charge in [-0.25, -0.2) is 4.39 Å². The van der Waals surface area contributed by atoms with E-state index in [0.717, 1.165) is 22.0 Å². The molecule has 4 rings (SSSR count). The van der Waals surface area contributed by atoms with Crippen LogP contribution in [0.2, 0.25) is 0 Å². The summed E-state index contributed by atoms with van der Waals surface area (Å²) < 4.78 is 13.2. The first-order valence-corrected chi connectivity index (χ1v) is 8.32. The van der Waals surface area contributed by atoms with Crippen molar-refractivity contribution in [3.8, 4) is 0 Å². The average Bonchev–Trinajstić information content (AvgIpc) is 3.12. The molecule has 2 aromatic carbocycles. The van der Waals surface area contributed by atoms with Crippen molar-refractivity contribution in [2.45, 2.75) is 5.92 Å². The summed E-state index contributed by atoms with van der Waals surface area (Å²) in [7, 11) is 0. The van der Waals surface area contributed by atoms with Crippen molar-refractivity contribution in [3.63, 3.8) is 0 Å². The van der Waals surface area contributed by atoms with Gasteiger partial charge in [-0.05, 0) is 29.8 Å². The second kappa shape index (κ2) is 6.61. The first-order valence-electron chi connectivity index (χ1n) is 8.32. The monoisotopic (exact) mass is 335 g/mol. The molecule has 1 saturated heterocycles.